The summed E-state index contributed by atoms with van der Waals surface area (Å²) in [6.45, 7) is 1.98. The van der Waals surface area contributed by atoms with Crippen LogP contribution in [0.25, 0.3) is 0 Å². The lowest BCUT2D eigenvalue weighted by Crippen LogP contribution is -1.89. The molecule has 2 N–H and O–H groups in total. The van der Waals surface area contributed by atoms with Gasteiger partial charge >= 0.3 is 0 Å². The Balaban J connectivity index is 2.28. The largest absolute Gasteiger partial charge is 0.399 e. The second-order valence-corrected chi connectivity index (χ2v) is 3.56. The van der Waals surface area contributed by atoms with E-state index in [1.165, 1.54) is 0 Å². The van der Waals surface area contributed by atoms with Gasteiger partial charge in [0.15, 0.2) is 0 Å². The summed E-state index contributed by atoms with van der Waals surface area (Å²) in [6.07, 6.45) is 3.48. The lowest BCUT2D eigenvalue weighted by molar-refractivity contribution is 1.31. The molecule has 0 aliphatic rings. The third-order valence-corrected chi connectivity index (χ3v) is 2.28. The van der Waals surface area contributed by atoms with Gasteiger partial charge in [-0.2, -0.15) is 0 Å². The van der Waals surface area contributed by atoms with Crippen LogP contribution >= 0.6 is 0 Å². The van der Waals surface area contributed by atoms with E-state index in [4.69, 9.17) is 5.73 Å². The average Bonchev–Trinajstić information content (AvgIpc) is 2.32. The highest BCUT2D eigenvalue weighted by atomic mass is 14.6. The van der Waals surface area contributed by atoms with Gasteiger partial charge in [0.05, 0.1) is 0 Å². The van der Waals surface area contributed by atoms with E-state index in [9.17, 15) is 0 Å². The number of rotatable bonds is 0. The van der Waals surface area contributed by atoms with Gasteiger partial charge in [0, 0.05) is 29.2 Å². The molecule has 2 nitrogen and oxygen atoms in total. The zero-order valence-corrected chi connectivity index (χ0v) is 9.07. The number of pyridine rings is 1. The minimum Gasteiger partial charge on any atom is -0.399 e. The summed E-state index contributed by atoms with van der Waals surface area (Å²) in [5, 5.41) is 0. The molecular weight excluding hydrogens is 196 g/mol. The van der Waals surface area contributed by atoms with E-state index in [0.717, 1.165) is 22.4 Å². The molecule has 0 fully saturated rings. The fourth-order valence-electron chi connectivity index (χ4n) is 1.33. The quantitative estimate of drug-likeness (QED) is 0.533. The molecule has 0 aliphatic carbocycles. The van der Waals surface area contributed by atoms with Gasteiger partial charge in [0.2, 0.25) is 0 Å². The summed E-state index contributed by atoms with van der Waals surface area (Å²) in [4.78, 5) is 4.01. The molecule has 2 rings (SSSR count). The van der Waals surface area contributed by atoms with Crippen molar-refractivity contribution in [1.29, 1.82) is 0 Å². The van der Waals surface area contributed by atoms with Crippen LogP contribution in [-0.2, 0) is 0 Å². The number of nitrogens with zero attached hydrogens (tertiary/aromatic N) is 1. The van der Waals surface area contributed by atoms with Crippen molar-refractivity contribution < 1.29 is 0 Å². The van der Waals surface area contributed by atoms with Gasteiger partial charge < -0.3 is 5.73 Å². The molecule has 1 aromatic carbocycles. The molecule has 0 unspecified atom stereocenters. The number of aromatic nitrogens is 1. The molecule has 0 bridgehead atoms. The number of benzene rings is 1. The molecule has 0 saturated carbocycles. The molecule has 1 heterocycles. The van der Waals surface area contributed by atoms with Crippen molar-refractivity contribution >= 4 is 5.69 Å². The third kappa shape index (κ3) is 2.40. The topological polar surface area (TPSA) is 38.9 Å². The molecular formula is C14H12N2. The maximum absolute atomic E-state index is 5.74. The summed E-state index contributed by atoms with van der Waals surface area (Å²) in [6, 6.07) is 9.59. The summed E-state index contributed by atoms with van der Waals surface area (Å²) >= 11 is 0. The minimum atomic E-state index is 0.798. The molecule has 2 heteroatoms. The Morgan fingerprint density at radius 2 is 1.94 bits per heavy atom. The molecule has 2 aromatic rings. The van der Waals surface area contributed by atoms with Crippen LogP contribution < -0.4 is 5.73 Å². The maximum Gasteiger partial charge on any atom is 0.0432 e. The summed E-state index contributed by atoms with van der Waals surface area (Å²) < 4.78 is 0. The number of nitrogen functional groups attached to an aromatic ring is 1. The smallest absolute Gasteiger partial charge is 0.0432 e. The lowest BCUT2D eigenvalue weighted by atomic mass is 10.1. The first-order valence-corrected chi connectivity index (χ1v) is 5.04. The normalized spacial score (nSPS) is 9.31. The Kier molecular flexibility index (Phi) is 2.88. The van der Waals surface area contributed by atoms with Crippen molar-refractivity contribution in [2.75, 3.05) is 5.73 Å². The van der Waals surface area contributed by atoms with Crippen molar-refractivity contribution in [1.82, 2.24) is 4.98 Å². The third-order valence-electron chi connectivity index (χ3n) is 2.28. The van der Waals surface area contributed by atoms with E-state index >= 15 is 0 Å². The molecule has 1 aromatic heterocycles. The van der Waals surface area contributed by atoms with Crippen molar-refractivity contribution in [3.8, 4) is 11.8 Å². The Morgan fingerprint density at radius 3 is 2.62 bits per heavy atom. The van der Waals surface area contributed by atoms with Crippen molar-refractivity contribution in [3.05, 3.63) is 59.4 Å². The van der Waals surface area contributed by atoms with E-state index in [1.54, 1.807) is 12.4 Å². The standard InChI is InChI=1S/C14H12N2/c1-11-9-12(6-7-14(11)15)4-5-13-3-2-8-16-10-13/h2-3,6-10H,15H2,1H3. The summed E-state index contributed by atoms with van der Waals surface area (Å²) in [5.41, 5.74) is 9.47. The van der Waals surface area contributed by atoms with Gasteiger partial charge in [0.25, 0.3) is 0 Å². The van der Waals surface area contributed by atoms with Crippen LogP contribution in [0.15, 0.2) is 42.7 Å². The van der Waals surface area contributed by atoms with E-state index in [2.05, 4.69) is 16.8 Å². The van der Waals surface area contributed by atoms with Gasteiger partial charge in [-0.05, 0) is 42.8 Å². The predicted molar refractivity (Wildman–Crippen MR) is 65.8 cm³/mol. The minimum absolute atomic E-state index is 0.798. The first-order chi connectivity index (χ1) is 7.75. The predicted octanol–water partition coefficient (Wildman–Crippen LogP) is 2.37. The van der Waals surface area contributed by atoms with E-state index < -0.39 is 0 Å². The van der Waals surface area contributed by atoms with Crippen molar-refractivity contribution in [2.24, 2.45) is 0 Å². The van der Waals surface area contributed by atoms with Crippen LogP contribution in [0.5, 0.6) is 0 Å². The Labute approximate surface area is 95.1 Å². The number of anilines is 1. The van der Waals surface area contributed by atoms with Gasteiger partial charge in [-0.1, -0.05) is 11.8 Å². The van der Waals surface area contributed by atoms with E-state index in [1.807, 2.05) is 37.3 Å². The van der Waals surface area contributed by atoms with Gasteiger partial charge in [-0.25, -0.2) is 0 Å². The van der Waals surface area contributed by atoms with E-state index in [-0.39, 0.29) is 0 Å². The number of nitrogens with two attached hydrogens (primary N) is 1. The molecule has 0 aliphatic heterocycles. The Bertz CT molecular complexity index is 548. The fourth-order valence-corrected chi connectivity index (χ4v) is 1.33. The van der Waals surface area contributed by atoms with Crippen LogP contribution in [0.1, 0.15) is 16.7 Å². The molecule has 0 radical (unpaired) electrons. The molecule has 16 heavy (non-hydrogen) atoms. The molecule has 0 saturated heterocycles. The fraction of sp³-hybridized carbons (Fsp3) is 0.0714. The second kappa shape index (κ2) is 4.50. The van der Waals surface area contributed by atoms with Crippen molar-refractivity contribution in [2.45, 2.75) is 6.92 Å². The van der Waals surface area contributed by atoms with Crippen molar-refractivity contribution in [3.63, 3.8) is 0 Å². The molecule has 0 amide bonds. The number of hydrogen-bond donors (Lipinski definition) is 1. The van der Waals surface area contributed by atoms with Crippen LogP contribution in [0, 0.1) is 18.8 Å². The molecule has 78 valence electrons. The highest BCUT2D eigenvalue weighted by Crippen LogP contribution is 2.11. The Morgan fingerprint density at radius 1 is 1.12 bits per heavy atom. The SMILES string of the molecule is Cc1cc(C#Cc2cccnc2)ccc1N. The number of aryl methyl sites for hydroxylation is 1. The average molecular weight is 208 g/mol. The zero-order chi connectivity index (χ0) is 11.4. The van der Waals surface area contributed by atoms with Crippen LogP contribution in [0.4, 0.5) is 5.69 Å². The Hall–Kier alpha value is -2.27. The summed E-state index contributed by atoms with van der Waals surface area (Å²) in [5.74, 6) is 6.14. The van der Waals surface area contributed by atoms with Crippen LogP contribution in [-0.4, -0.2) is 4.98 Å². The highest BCUT2D eigenvalue weighted by Gasteiger charge is 1.93. The number of hydrogen-bond acceptors (Lipinski definition) is 2. The zero-order valence-electron chi connectivity index (χ0n) is 9.07. The molecule has 0 spiro atoms. The van der Waals surface area contributed by atoms with Gasteiger partial charge in [-0.15, -0.1) is 0 Å². The highest BCUT2D eigenvalue weighted by molar-refractivity contribution is 5.52. The van der Waals surface area contributed by atoms with Crippen LogP contribution in [0.2, 0.25) is 0 Å². The molecule has 0 atom stereocenters. The lowest BCUT2D eigenvalue weighted by Gasteiger charge is -1.98. The van der Waals surface area contributed by atoms with Gasteiger partial charge in [-0.3, -0.25) is 4.98 Å². The van der Waals surface area contributed by atoms with Gasteiger partial charge in [0.1, 0.15) is 0 Å². The maximum atomic E-state index is 5.74. The van der Waals surface area contributed by atoms with E-state index in [0.29, 0.717) is 0 Å². The first-order valence-electron chi connectivity index (χ1n) is 5.04. The monoisotopic (exact) mass is 208 g/mol. The summed E-state index contributed by atoms with van der Waals surface area (Å²) in [7, 11) is 0. The second-order valence-electron chi connectivity index (χ2n) is 3.56. The first kappa shape index (κ1) is 10.3. The van der Waals surface area contributed by atoms with Crippen LogP contribution in [0.3, 0.4) is 0 Å².